The van der Waals surface area contributed by atoms with E-state index in [0.29, 0.717) is 13.1 Å². The first-order chi connectivity index (χ1) is 11.7. The number of carbonyl (C=O) groups excluding carboxylic acids is 2. The van der Waals surface area contributed by atoms with Gasteiger partial charge < -0.3 is 15.1 Å². The summed E-state index contributed by atoms with van der Waals surface area (Å²) in [5, 5.41) is 5.82. The van der Waals surface area contributed by atoms with Crippen LogP contribution in [-0.2, 0) is 9.59 Å². The molecule has 0 saturated carbocycles. The number of thiazole rings is 1. The topological polar surface area (TPSA) is 65.5 Å². The van der Waals surface area contributed by atoms with Crippen LogP contribution in [0.5, 0.6) is 0 Å². The van der Waals surface area contributed by atoms with Crippen molar-refractivity contribution in [2.24, 2.45) is 0 Å². The van der Waals surface area contributed by atoms with Gasteiger partial charge in [0.2, 0.25) is 11.8 Å². The zero-order valence-corrected chi connectivity index (χ0v) is 14.0. The number of para-hydroxylation sites is 1. The highest BCUT2D eigenvalue weighted by Crippen LogP contribution is 2.34. The lowest BCUT2D eigenvalue weighted by Gasteiger charge is -2.35. The quantitative estimate of drug-likeness (QED) is 0.925. The van der Waals surface area contributed by atoms with Gasteiger partial charge in [0.15, 0.2) is 5.13 Å². The first-order valence-electron chi connectivity index (χ1n) is 8.04. The largest absolute Gasteiger partial charge is 0.345 e. The Balaban J connectivity index is 1.38. The summed E-state index contributed by atoms with van der Waals surface area (Å²) in [5.74, 6) is -0.401. The number of amides is 2. The highest BCUT2D eigenvalue weighted by molar-refractivity contribution is 7.13. The van der Waals surface area contributed by atoms with Crippen LogP contribution in [0.3, 0.4) is 0 Å². The Morgan fingerprint density at radius 3 is 2.79 bits per heavy atom. The molecule has 2 amide bonds. The predicted octanol–water partition coefficient (Wildman–Crippen LogP) is 1.92. The van der Waals surface area contributed by atoms with Gasteiger partial charge in [-0.15, -0.1) is 11.3 Å². The third-order valence-corrected chi connectivity index (χ3v) is 5.44. The van der Waals surface area contributed by atoms with E-state index in [1.54, 1.807) is 17.5 Å². The summed E-state index contributed by atoms with van der Waals surface area (Å²) in [5.41, 5.74) is 1.76. The molecule has 124 valence electrons. The van der Waals surface area contributed by atoms with E-state index >= 15 is 0 Å². The van der Waals surface area contributed by atoms with Crippen molar-refractivity contribution >= 4 is 34.0 Å². The Kier molecular flexibility index (Phi) is 3.93. The van der Waals surface area contributed by atoms with Crippen molar-refractivity contribution in [3.05, 3.63) is 41.4 Å². The van der Waals surface area contributed by atoms with Crippen LogP contribution >= 0.6 is 11.3 Å². The average molecular weight is 342 g/mol. The van der Waals surface area contributed by atoms with E-state index in [4.69, 9.17) is 0 Å². The van der Waals surface area contributed by atoms with Crippen LogP contribution in [0.4, 0.5) is 10.8 Å². The molecule has 1 aromatic carbocycles. The molecule has 2 aliphatic heterocycles. The van der Waals surface area contributed by atoms with E-state index in [9.17, 15) is 9.59 Å². The first kappa shape index (κ1) is 15.1. The van der Waals surface area contributed by atoms with Crippen LogP contribution in [0.2, 0.25) is 0 Å². The smallest absolute Gasteiger partial charge is 0.232 e. The highest BCUT2D eigenvalue weighted by atomic mass is 32.1. The van der Waals surface area contributed by atoms with Crippen molar-refractivity contribution in [2.45, 2.75) is 12.3 Å². The molecule has 6 nitrogen and oxygen atoms in total. The van der Waals surface area contributed by atoms with Crippen LogP contribution in [-0.4, -0.2) is 47.9 Å². The lowest BCUT2D eigenvalue weighted by atomic mass is 9.96. The van der Waals surface area contributed by atoms with Crippen molar-refractivity contribution < 1.29 is 9.59 Å². The molecule has 1 saturated heterocycles. The molecule has 1 N–H and O–H groups in total. The second-order valence-corrected chi connectivity index (χ2v) is 6.89. The first-order valence-corrected chi connectivity index (χ1v) is 8.92. The van der Waals surface area contributed by atoms with Crippen LogP contribution < -0.4 is 10.2 Å². The summed E-state index contributed by atoms with van der Waals surface area (Å²) in [6.07, 6.45) is 2.04. The summed E-state index contributed by atoms with van der Waals surface area (Å²) >= 11 is 1.62. The Hall–Kier alpha value is -2.41. The van der Waals surface area contributed by atoms with Gasteiger partial charge in [0.05, 0.1) is 5.92 Å². The zero-order valence-electron chi connectivity index (χ0n) is 13.1. The van der Waals surface area contributed by atoms with E-state index in [-0.39, 0.29) is 24.2 Å². The zero-order chi connectivity index (χ0) is 16.5. The monoisotopic (exact) mass is 342 g/mol. The molecule has 7 heteroatoms. The van der Waals surface area contributed by atoms with Crippen molar-refractivity contribution in [2.75, 3.05) is 36.4 Å². The number of benzene rings is 1. The van der Waals surface area contributed by atoms with Crippen LogP contribution in [0.15, 0.2) is 35.8 Å². The average Bonchev–Trinajstić information content (AvgIpc) is 3.24. The second-order valence-electron chi connectivity index (χ2n) is 6.02. The Bertz CT molecular complexity index is 754. The van der Waals surface area contributed by atoms with E-state index in [0.717, 1.165) is 29.5 Å². The number of hydrogen-bond donors (Lipinski definition) is 1. The molecule has 0 unspecified atom stereocenters. The van der Waals surface area contributed by atoms with Gasteiger partial charge in [-0.3, -0.25) is 9.59 Å². The maximum atomic E-state index is 12.6. The van der Waals surface area contributed by atoms with Crippen LogP contribution in [0, 0.1) is 0 Å². The summed E-state index contributed by atoms with van der Waals surface area (Å²) < 4.78 is 0. The molecule has 2 aliphatic rings. The fraction of sp³-hybridized carbons (Fsp3) is 0.353. The predicted molar refractivity (Wildman–Crippen MR) is 93.3 cm³/mol. The summed E-state index contributed by atoms with van der Waals surface area (Å²) in [6.45, 7) is 2.92. The number of piperazine rings is 1. The Morgan fingerprint density at radius 1 is 1.25 bits per heavy atom. The van der Waals surface area contributed by atoms with Gasteiger partial charge in [0.1, 0.15) is 0 Å². The number of nitrogens with zero attached hydrogens (tertiary/aromatic N) is 3. The normalized spacial score (nSPS) is 20.0. The molecule has 0 aliphatic carbocycles. The third-order valence-electron chi connectivity index (χ3n) is 4.61. The number of nitrogens with one attached hydrogen (secondary N) is 1. The minimum atomic E-state index is -0.370. The number of anilines is 2. The van der Waals surface area contributed by atoms with Crippen molar-refractivity contribution in [3.63, 3.8) is 0 Å². The molecule has 0 spiro atoms. The molecule has 3 heterocycles. The van der Waals surface area contributed by atoms with E-state index in [2.05, 4.69) is 15.2 Å². The van der Waals surface area contributed by atoms with Crippen molar-refractivity contribution in [1.29, 1.82) is 0 Å². The molecular formula is C17H18N4O2S. The molecule has 2 aromatic rings. The van der Waals surface area contributed by atoms with Gasteiger partial charge in [-0.1, -0.05) is 18.2 Å². The van der Waals surface area contributed by atoms with Crippen LogP contribution in [0.25, 0.3) is 0 Å². The van der Waals surface area contributed by atoms with E-state index in [1.165, 1.54) is 0 Å². The number of aromatic nitrogens is 1. The van der Waals surface area contributed by atoms with Crippen molar-refractivity contribution in [3.8, 4) is 0 Å². The molecule has 4 rings (SSSR count). The minimum absolute atomic E-state index is 0.0469. The summed E-state index contributed by atoms with van der Waals surface area (Å²) in [6, 6.07) is 7.60. The standard InChI is InChI=1S/C17H18N4O2S/c22-15(11-13-12-3-1-2-4-14(12)19-16(13)23)20-6-8-21(9-7-20)17-18-5-10-24-17/h1-5,10,13H,6-9,11H2,(H,19,23)/t13-/m0/s1. The Labute approximate surface area is 144 Å². The highest BCUT2D eigenvalue weighted by Gasteiger charge is 2.34. The fourth-order valence-corrected chi connectivity index (χ4v) is 4.00. The van der Waals surface area contributed by atoms with Gasteiger partial charge in [-0.25, -0.2) is 4.98 Å². The van der Waals surface area contributed by atoms with E-state index in [1.807, 2.05) is 34.5 Å². The molecule has 0 bridgehead atoms. The van der Waals surface area contributed by atoms with Gasteiger partial charge in [-0.2, -0.15) is 0 Å². The number of fused-ring (bicyclic) bond motifs is 1. The van der Waals surface area contributed by atoms with Gasteiger partial charge >= 0.3 is 0 Å². The minimum Gasteiger partial charge on any atom is -0.345 e. The SMILES string of the molecule is O=C1Nc2ccccc2[C@@H]1CC(=O)N1CCN(c2nccs2)CC1. The number of hydrogen-bond acceptors (Lipinski definition) is 5. The summed E-state index contributed by atoms with van der Waals surface area (Å²) in [4.78, 5) is 33.2. The molecular weight excluding hydrogens is 324 g/mol. The van der Waals surface area contributed by atoms with Gasteiger partial charge in [-0.05, 0) is 11.6 Å². The summed E-state index contributed by atoms with van der Waals surface area (Å²) in [7, 11) is 0. The molecule has 1 atom stereocenters. The maximum Gasteiger partial charge on any atom is 0.232 e. The lowest BCUT2D eigenvalue weighted by Crippen LogP contribution is -2.49. The lowest BCUT2D eigenvalue weighted by molar-refractivity contribution is -0.133. The maximum absolute atomic E-state index is 12.6. The van der Waals surface area contributed by atoms with Gasteiger partial charge in [0, 0.05) is 49.9 Å². The van der Waals surface area contributed by atoms with E-state index < -0.39 is 0 Å². The fourth-order valence-electron chi connectivity index (χ4n) is 3.30. The third kappa shape index (κ3) is 2.75. The van der Waals surface area contributed by atoms with Crippen LogP contribution in [0.1, 0.15) is 17.9 Å². The molecule has 0 radical (unpaired) electrons. The molecule has 24 heavy (non-hydrogen) atoms. The van der Waals surface area contributed by atoms with Gasteiger partial charge in [0.25, 0.3) is 0 Å². The van der Waals surface area contributed by atoms with Crippen molar-refractivity contribution in [1.82, 2.24) is 9.88 Å². The Morgan fingerprint density at radius 2 is 2.04 bits per heavy atom. The molecule has 1 aromatic heterocycles. The molecule has 1 fully saturated rings. The number of carbonyl (C=O) groups is 2. The number of rotatable bonds is 3. The second kappa shape index (κ2) is 6.24.